The Labute approximate surface area is 124 Å². The third kappa shape index (κ3) is 3.42. The van der Waals surface area contributed by atoms with Crippen LogP contribution in [0.2, 0.25) is 0 Å². The third-order valence-corrected chi connectivity index (χ3v) is 3.33. The minimum atomic E-state index is -0.148. The van der Waals surface area contributed by atoms with Gasteiger partial charge in [-0.05, 0) is 39.8 Å². The largest absolute Gasteiger partial charge is 0.466 e. The van der Waals surface area contributed by atoms with E-state index < -0.39 is 0 Å². The van der Waals surface area contributed by atoms with Crippen LogP contribution in [0.5, 0.6) is 0 Å². The number of nitrogens with zero attached hydrogens (tertiary/aromatic N) is 1. The number of nitrogens with one attached hydrogen (secondary N) is 2. The zero-order valence-electron chi connectivity index (χ0n) is 12.9. The van der Waals surface area contributed by atoms with Crippen LogP contribution in [0, 0.1) is 13.8 Å². The summed E-state index contributed by atoms with van der Waals surface area (Å²) in [7, 11) is 0. The van der Waals surface area contributed by atoms with E-state index in [1.807, 2.05) is 33.8 Å². The fourth-order valence-corrected chi connectivity index (χ4v) is 2.35. The van der Waals surface area contributed by atoms with E-state index in [0.29, 0.717) is 5.56 Å². The summed E-state index contributed by atoms with van der Waals surface area (Å²) in [5.41, 5.74) is 2.33. The summed E-state index contributed by atoms with van der Waals surface area (Å²) in [6, 6.07) is 3.63. The number of aryl methyl sites for hydroxylation is 2. The van der Waals surface area contributed by atoms with Crippen molar-refractivity contribution in [2.75, 3.05) is 11.9 Å². The SMILES string of the molecule is CCNc1ccncc1C(=O)NC(C)c1cc(C)oc1C. The summed E-state index contributed by atoms with van der Waals surface area (Å²) >= 11 is 0. The second-order valence-electron chi connectivity index (χ2n) is 5.02. The second-order valence-corrected chi connectivity index (χ2v) is 5.02. The van der Waals surface area contributed by atoms with Crippen molar-refractivity contribution in [3.05, 3.63) is 47.2 Å². The van der Waals surface area contributed by atoms with Crippen LogP contribution < -0.4 is 10.6 Å². The third-order valence-electron chi connectivity index (χ3n) is 3.33. The first kappa shape index (κ1) is 15.1. The average Bonchev–Trinajstić information content (AvgIpc) is 2.78. The molecule has 0 aliphatic rings. The summed E-state index contributed by atoms with van der Waals surface area (Å²) in [6.07, 6.45) is 3.25. The Morgan fingerprint density at radius 1 is 1.43 bits per heavy atom. The first-order valence-corrected chi connectivity index (χ1v) is 7.08. The fourth-order valence-electron chi connectivity index (χ4n) is 2.35. The Kier molecular flexibility index (Phi) is 4.62. The van der Waals surface area contributed by atoms with Crippen molar-refractivity contribution in [3.8, 4) is 0 Å². The van der Waals surface area contributed by atoms with Gasteiger partial charge in [0.2, 0.25) is 0 Å². The van der Waals surface area contributed by atoms with Crippen LogP contribution in [-0.4, -0.2) is 17.4 Å². The van der Waals surface area contributed by atoms with Crippen molar-refractivity contribution in [2.45, 2.75) is 33.7 Å². The Hall–Kier alpha value is -2.30. The number of pyridine rings is 1. The molecule has 112 valence electrons. The maximum absolute atomic E-state index is 12.4. The Morgan fingerprint density at radius 2 is 2.19 bits per heavy atom. The van der Waals surface area contributed by atoms with Crippen molar-refractivity contribution in [1.82, 2.24) is 10.3 Å². The van der Waals surface area contributed by atoms with Crippen molar-refractivity contribution < 1.29 is 9.21 Å². The first-order chi connectivity index (χ1) is 10.0. The highest BCUT2D eigenvalue weighted by Crippen LogP contribution is 2.22. The van der Waals surface area contributed by atoms with E-state index in [0.717, 1.165) is 29.3 Å². The molecule has 1 amide bonds. The van der Waals surface area contributed by atoms with Crippen LogP contribution in [0.1, 0.15) is 47.3 Å². The molecule has 2 aromatic heterocycles. The van der Waals surface area contributed by atoms with Crippen LogP contribution in [-0.2, 0) is 0 Å². The molecule has 0 radical (unpaired) electrons. The number of aromatic nitrogens is 1. The quantitative estimate of drug-likeness (QED) is 0.886. The van der Waals surface area contributed by atoms with Crippen LogP contribution in [0.15, 0.2) is 28.9 Å². The second kappa shape index (κ2) is 6.43. The molecule has 5 heteroatoms. The maximum Gasteiger partial charge on any atom is 0.255 e. The van der Waals surface area contributed by atoms with Gasteiger partial charge in [0.15, 0.2) is 0 Å². The van der Waals surface area contributed by atoms with E-state index in [9.17, 15) is 4.79 Å². The van der Waals surface area contributed by atoms with Gasteiger partial charge in [-0.1, -0.05) is 0 Å². The lowest BCUT2D eigenvalue weighted by molar-refractivity contribution is 0.0940. The zero-order chi connectivity index (χ0) is 15.4. The Balaban J connectivity index is 2.16. The summed E-state index contributed by atoms with van der Waals surface area (Å²) in [4.78, 5) is 16.5. The normalized spacial score (nSPS) is 12.0. The van der Waals surface area contributed by atoms with Gasteiger partial charge in [-0.3, -0.25) is 9.78 Å². The standard InChI is InChI=1S/C16H21N3O2/c1-5-18-15-6-7-17-9-14(15)16(20)19-11(3)13-8-10(2)21-12(13)4/h6-9,11H,5H2,1-4H3,(H,17,18)(H,19,20). The number of hydrogen-bond acceptors (Lipinski definition) is 4. The molecule has 0 spiro atoms. The van der Waals surface area contributed by atoms with Gasteiger partial charge in [-0.15, -0.1) is 0 Å². The van der Waals surface area contributed by atoms with E-state index in [1.165, 1.54) is 0 Å². The molecular weight excluding hydrogens is 266 g/mol. The monoisotopic (exact) mass is 287 g/mol. The van der Waals surface area contributed by atoms with Gasteiger partial charge >= 0.3 is 0 Å². The molecule has 0 saturated heterocycles. The minimum Gasteiger partial charge on any atom is -0.466 e. The van der Waals surface area contributed by atoms with Crippen LogP contribution in [0.4, 0.5) is 5.69 Å². The molecule has 0 bridgehead atoms. The van der Waals surface area contributed by atoms with Crippen molar-refractivity contribution in [2.24, 2.45) is 0 Å². The van der Waals surface area contributed by atoms with Gasteiger partial charge in [0.1, 0.15) is 11.5 Å². The lowest BCUT2D eigenvalue weighted by atomic mass is 10.1. The molecule has 2 aromatic rings. The molecule has 0 aliphatic heterocycles. The van der Waals surface area contributed by atoms with Crippen LogP contribution in [0.25, 0.3) is 0 Å². The highest BCUT2D eigenvalue weighted by molar-refractivity contribution is 5.99. The predicted molar refractivity (Wildman–Crippen MR) is 82.5 cm³/mol. The zero-order valence-corrected chi connectivity index (χ0v) is 12.9. The molecule has 1 unspecified atom stereocenters. The topological polar surface area (TPSA) is 67.2 Å². The molecule has 1 atom stereocenters. The predicted octanol–water partition coefficient (Wildman–Crippen LogP) is 3.21. The molecular formula is C16H21N3O2. The molecule has 2 rings (SSSR count). The molecule has 2 N–H and O–H groups in total. The van der Waals surface area contributed by atoms with Crippen molar-refractivity contribution in [1.29, 1.82) is 0 Å². The molecule has 5 nitrogen and oxygen atoms in total. The number of furan rings is 1. The molecule has 21 heavy (non-hydrogen) atoms. The first-order valence-electron chi connectivity index (χ1n) is 7.08. The number of carbonyl (C=O) groups is 1. The van der Waals surface area contributed by atoms with E-state index in [4.69, 9.17) is 4.42 Å². The van der Waals surface area contributed by atoms with Crippen LogP contribution in [0.3, 0.4) is 0 Å². The molecule has 0 aromatic carbocycles. The number of hydrogen-bond donors (Lipinski definition) is 2. The van der Waals surface area contributed by atoms with Gasteiger partial charge in [-0.25, -0.2) is 0 Å². The summed E-state index contributed by atoms with van der Waals surface area (Å²) in [5.74, 6) is 1.53. The molecule has 0 aliphatic carbocycles. The van der Waals surface area contributed by atoms with Gasteiger partial charge in [0.05, 0.1) is 17.3 Å². The maximum atomic E-state index is 12.4. The molecule has 0 fully saturated rings. The summed E-state index contributed by atoms with van der Waals surface area (Å²) < 4.78 is 5.51. The lowest BCUT2D eigenvalue weighted by Crippen LogP contribution is -2.27. The Bertz CT molecular complexity index is 634. The fraction of sp³-hybridized carbons (Fsp3) is 0.375. The van der Waals surface area contributed by atoms with Crippen LogP contribution >= 0.6 is 0 Å². The highest BCUT2D eigenvalue weighted by atomic mass is 16.3. The van der Waals surface area contributed by atoms with Gasteiger partial charge in [-0.2, -0.15) is 0 Å². The molecule has 0 saturated carbocycles. The number of amides is 1. The smallest absolute Gasteiger partial charge is 0.255 e. The van der Waals surface area contributed by atoms with E-state index in [1.54, 1.807) is 18.5 Å². The van der Waals surface area contributed by atoms with E-state index in [-0.39, 0.29) is 11.9 Å². The van der Waals surface area contributed by atoms with E-state index in [2.05, 4.69) is 15.6 Å². The minimum absolute atomic E-state index is 0.121. The van der Waals surface area contributed by atoms with Gasteiger partial charge in [0, 0.05) is 24.5 Å². The van der Waals surface area contributed by atoms with Crippen molar-refractivity contribution in [3.63, 3.8) is 0 Å². The van der Waals surface area contributed by atoms with Crippen molar-refractivity contribution >= 4 is 11.6 Å². The van der Waals surface area contributed by atoms with Gasteiger partial charge < -0.3 is 15.1 Å². The number of anilines is 1. The summed E-state index contributed by atoms with van der Waals surface area (Å²) in [6.45, 7) is 8.48. The lowest BCUT2D eigenvalue weighted by Gasteiger charge is -2.15. The van der Waals surface area contributed by atoms with Gasteiger partial charge in [0.25, 0.3) is 5.91 Å². The summed E-state index contributed by atoms with van der Waals surface area (Å²) in [5, 5.41) is 6.15. The number of rotatable bonds is 5. The highest BCUT2D eigenvalue weighted by Gasteiger charge is 2.18. The Morgan fingerprint density at radius 3 is 2.81 bits per heavy atom. The number of carbonyl (C=O) groups excluding carboxylic acids is 1. The average molecular weight is 287 g/mol. The van der Waals surface area contributed by atoms with E-state index >= 15 is 0 Å². The molecule has 2 heterocycles.